The Morgan fingerprint density at radius 1 is 1.03 bits per heavy atom. The van der Waals surface area contributed by atoms with Gasteiger partial charge in [-0.2, -0.15) is 9.57 Å². The second kappa shape index (κ2) is 7.66. The predicted molar refractivity (Wildman–Crippen MR) is 111 cm³/mol. The van der Waals surface area contributed by atoms with E-state index in [4.69, 9.17) is 0 Å². The smallest absolute Gasteiger partial charge is 0.243 e. The van der Waals surface area contributed by atoms with E-state index in [1.165, 1.54) is 4.31 Å². The number of hydrogen-bond acceptors (Lipinski definition) is 4. The summed E-state index contributed by atoms with van der Waals surface area (Å²) in [5.74, 6) is -0.422. The van der Waals surface area contributed by atoms with Gasteiger partial charge in [-0.25, -0.2) is 8.42 Å². The van der Waals surface area contributed by atoms with Gasteiger partial charge in [0.2, 0.25) is 15.9 Å². The highest BCUT2D eigenvalue weighted by Gasteiger charge is 2.39. The number of carbonyl (C=O) groups excluding carboxylic acids is 1. The van der Waals surface area contributed by atoms with Gasteiger partial charge in [-0.15, -0.1) is 0 Å². The van der Waals surface area contributed by atoms with Crippen LogP contribution < -0.4 is 5.32 Å². The fourth-order valence-electron chi connectivity index (χ4n) is 3.66. The normalized spacial score (nSPS) is 17.1. The Bertz CT molecular complexity index is 1230. The van der Waals surface area contributed by atoms with Crippen molar-refractivity contribution in [2.75, 3.05) is 11.9 Å². The van der Waals surface area contributed by atoms with Crippen LogP contribution in [0.5, 0.6) is 0 Å². The Hall–Kier alpha value is -3.21. The first-order valence-electron chi connectivity index (χ1n) is 9.31. The molecular formula is C22H19N3O3S. The summed E-state index contributed by atoms with van der Waals surface area (Å²) in [6.45, 7) is 0.285. The number of rotatable bonds is 4. The fraction of sp³-hybridized carbons (Fsp3) is 0.182. The maximum absolute atomic E-state index is 13.3. The Morgan fingerprint density at radius 2 is 1.76 bits per heavy atom. The molecular weight excluding hydrogens is 386 g/mol. The Morgan fingerprint density at radius 3 is 2.55 bits per heavy atom. The molecule has 1 N–H and O–H groups in total. The van der Waals surface area contributed by atoms with Crippen molar-refractivity contribution in [2.45, 2.75) is 23.8 Å². The monoisotopic (exact) mass is 405 g/mol. The van der Waals surface area contributed by atoms with E-state index in [2.05, 4.69) is 5.32 Å². The summed E-state index contributed by atoms with van der Waals surface area (Å²) >= 11 is 0. The van der Waals surface area contributed by atoms with Crippen molar-refractivity contribution in [1.82, 2.24) is 4.31 Å². The number of anilines is 1. The summed E-state index contributed by atoms with van der Waals surface area (Å²) in [6, 6.07) is 20.4. The van der Waals surface area contributed by atoms with Gasteiger partial charge in [0.05, 0.1) is 16.1 Å². The minimum absolute atomic E-state index is 0.174. The molecule has 0 aliphatic carbocycles. The number of amides is 1. The molecule has 4 rings (SSSR count). The number of sulfonamides is 1. The first-order valence-corrected chi connectivity index (χ1v) is 10.8. The molecule has 1 amide bonds. The average Bonchev–Trinajstić information content (AvgIpc) is 3.25. The first kappa shape index (κ1) is 19.1. The number of benzene rings is 3. The van der Waals surface area contributed by atoms with Crippen molar-refractivity contribution in [3.63, 3.8) is 0 Å². The van der Waals surface area contributed by atoms with E-state index < -0.39 is 22.0 Å². The SMILES string of the molecule is N#Cc1ccccc1NC(=O)[C@H]1CCCN1S(=O)(=O)c1ccc2ccccc2c1. The van der Waals surface area contributed by atoms with Gasteiger partial charge in [-0.1, -0.05) is 42.5 Å². The van der Waals surface area contributed by atoms with E-state index in [0.29, 0.717) is 24.1 Å². The quantitative estimate of drug-likeness (QED) is 0.719. The van der Waals surface area contributed by atoms with Crippen LogP contribution in [-0.4, -0.2) is 31.2 Å². The summed E-state index contributed by atoms with van der Waals surface area (Å²) in [4.78, 5) is 13.0. The third-order valence-corrected chi connectivity index (χ3v) is 7.04. The first-order chi connectivity index (χ1) is 14.0. The van der Waals surface area contributed by atoms with Gasteiger partial charge < -0.3 is 5.32 Å². The molecule has 29 heavy (non-hydrogen) atoms. The zero-order chi connectivity index (χ0) is 20.4. The average molecular weight is 405 g/mol. The third-order valence-electron chi connectivity index (χ3n) is 5.14. The van der Waals surface area contributed by atoms with Gasteiger partial charge in [0.15, 0.2) is 0 Å². The van der Waals surface area contributed by atoms with E-state index in [1.54, 1.807) is 42.5 Å². The Kier molecular flexibility index (Phi) is 5.05. The predicted octanol–water partition coefficient (Wildman–Crippen LogP) is 3.50. The second-order valence-corrected chi connectivity index (χ2v) is 8.82. The fourth-order valence-corrected chi connectivity index (χ4v) is 5.35. The summed E-state index contributed by atoms with van der Waals surface area (Å²) < 4.78 is 27.8. The van der Waals surface area contributed by atoms with Gasteiger partial charge in [0.1, 0.15) is 12.1 Å². The van der Waals surface area contributed by atoms with Gasteiger partial charge >= 0.3 is 0 Å². The number of hydrogen-bond donors (Lipinski definition) is 1. The van der Waals surface area contributed by atoms with Crippen molar-refractivity contribution < 1.29 is 13.2 Å². The molecule has 1 aliphatic heterocycles. The molecule has 0 radical (unpaired) electrons. The molecule has 6 nitrogen and oxygen atoms in total. The van der Waals surface area contributed by atoms with Crippen molar-refractivity contribution in [3.8, 4) is 6.07 Å². The largest absolute Gasteiger partial charge is 0.323 e. The van der Waals surface area contributed by atoms with E-state index in [1.807, 2.05) is 30.3 Å². The van der Waals surface area contributed by atoms with Crippen LogP contribution in [0.3, 0.4) is 0 Å². The van der Waals surface area contributed by atoms with Crippen LogP contribution in [0.15, 0.2) is 71.6 Å². The highest BCUT2D eigenvalue weighted by atomic mass is 32.2. The maximum Gasteiger partial charge on any atom is 0.243 e. The van der Waals surface area contributed by atoms with Gasteiger partial charge in [-0.05, 0) is 47.9 Å². The molecule has 7 heteroatoms. The number of nitrogens with one attached hydrogen (secondary N) is 1. The van der Waals surface area contributed by atoms with Crippen LogP contribution in [0.1, 0.15) is 18.4 Å². The lowest BCUT2D eigenvalue weighted by Crippen LogP contribution is -2.43. The molecule has 1 heterocycles. The van der Waals surface area contributed by atoms with Gasteiger partial charge in [0, 0.05) is 6.54 Å². The van der Waals surface area contributed by atoms with Gasteiger partial charge in [0.25, 0.3) is 0 Å². The van der Waals surface area contributed by atoms with E-state index in [9.17, 15) is 18.5 Å². The van der Waals surface area contributed by atoms with Crippen molar-refractivity contribution in [3.05, 3.63) is 72.3 Å². The standard InChI is InChI=1S/C22H19N3O3S/c23-15-18-8-3-4-9-20(18)24-22(26)21-10-5-13-25(21)29(27,28)19-12-11-16-6-1-2-7-17(16)14-19/h1-4,6-9,11-12,14,21H,5,10,13H2,(H,24,26)/t21-/m1/s1. The third kappa shape index (κ3) is 3.60. The van der Waals surface area contributed by atoms with Crippen LogP contribution >= 0.6 is 0 Å². The topological polar surface area (TPSA) is 90.3 Å². The molecule has 1 fully saturated rings. The lowest BCUT2D eigenvalue weighted by Gasteiger charge is -2.23. The number of carbonyl (C=O) groups is 1. The van der Waals surface area contributed by atoms with Crippen LogP contribution in [0.4, 0.5) is 5.69 Å². The van der Waals surface area contributed by atoms with Crippen molar-refractivity contribution in [2.24, 2.45) is 0 Å². The molecule has 0 bridgehead atoms. The zero-order valence-electron chi connectivity index (χ0n) is 15.6. The Balaban J connectivity index is 1.62. The van der Waals surface area contributed by atoms with Crippen LogP contribution in [0.2, 0.25) is 0 Å². The lowest BCUT2D eigenvalue weighted by atomic mass is 10.1. The number of para-hydroxylation sites is 1. The van der Waals surface area contributed by atoms with Crippen LogP contribution in [0, 0.1) is 11.3 Å². The lowest BCUT2D eigenvalue weighted by molar-refractivity contribution is -0.119. The minimum Gasteiger partial charge on any atom is -0.323 e. The number of fused-ring (bicyclic) bond motifs is 1. The van der Waals surface area contributed by atoms with E-state index in [0.717, 1.165) is 10.8 Å². The van der Waals surface area contributed by atoms with Gasteiger partial charge in [-0.3, -0.25) is 4.79 Å². The number of nitriles is 1. The van der Waals surface area contributed by atoms with E-state index >= 15 is 0 Å². The number of nitrogens with zero attached hydrogens (tertiary/aromatic N) is 2. The van der Waals surface area contributed by atoms with Crippen LogP contribution in [0.25, 0.3) is 10.8 Å². The van der Waals surface area contributed by atoms with Crippen molar-refractivity contribution in [1.29, 1.82) is 5.26 Å². The molecule has 1 saturated heterocycles. The maximum atomic E-state index is 13.3. The molecule has 0 unspecified atom stereocenters. The minimum atomic E-state index is -3.82. The van der Waals surface area contributed by atoms with E-state index in [-0.39, 0.29) is 11.4 Å². The molecule has 1 aliphatic rings. The summed E-state index contributed by atoms with van der Waals surface area (Å²) in [6.07, 6.45) is 1.04. The molecule has 0 saturated carbocycles. The molecule has 146 valence electrons. The molecule has 1 atom stereocenters. The van der Waals surface area contributed by atoms with Crippen molar-refractivity contribution >= 4 is 32.4 Å². The molecule has 0 spiro atoms. The molecule has 3 aromatic carbocycles. The zero-order valence-corrected chi connectivity index (χ0v) is 16.4. The highest BCUT2D eigenvalue weighted by Crippen LogP contribution is 2.29. The highest BCUT2D eigenvalue weighted by molar-refractivity contribution is 7.89. The van der Waals surface area contributed by atoms with Crippen LogP contribution in [-0.2, 0) is 14.8 Å². The second-order valence-electron chi connectivity index (χ2n) is 6.93. The molecule has 3 aromatic rings. The molecule has 0 aromatic heterocycles. The summed E-state index contributed by atoms with van der Waals surface area (Å²) in [5, 5.41) is 13.7. The Labute approximate surface area is 169 Å². The summed E-state index contributed by atoms with van der Waals surface area (Å²) in [7, 11) is -3.82. The summed E-state index contributed by atoms with van der Waals surface area (Å²) in [5.41, 5.74) is 0.720.